The van der Waals surface area contributed by atoms with E-state index in [1.54, 1.807) is 16.7 Å². The third-order valence-corrected chi connectivity index (χ3v) is 10.2. The normalized spacial score (nSPS) is 34.9. The minimum atomic E-state index is -0.860. The van der Waals surface area contributed by atoms with E-state index in [4.69, 9.17) is 4.74 Å². The van der Waals surface area contributed by atoms with Crippen molar-refractivity contribution in [1.29, 1.82) is 0 Å². The molecule has 0 radical (unpaired) electrons. The first-order chi connectivity index (χ1) is 17.4. The summed E-state index contributed by atoms with van der Waals surface area (Å²) in [5.74, 6) is -1.94. The molecule has 0 saturated carbocycles. The van der Waals surface area contributed by atoms with Crippen LogP contribution in [0.15, 0.2) is 24.3 Å². The van der Waals surface area contributed by atoms with E-state index >= 15 is 0 Å². The van der Waals surface area contributed by atoms with Crippen LogP contribution in [0.25, 0.3) is 0 Å². The summed E-state index contributed by atoms with van der Waals surface area (Å²) in [4.78, 5) is 45.5. The molecule has 0 aromatic rings. The van der Waals surface area contributed by atoms with Crippen LogP contribution in [-0.2, 0) is 19.1 Å². The molecule has 4 rings (SSSR count). The van der Waals surface area contributed by atoms with Gasteiger partial charge in [-0.25, -0.2) is 0 Å². The number of likely N-dealkylation sites (tertiary alicyclic amines) is 1. The highest BCUT2D eigenvalue weighted by molar-refractivity contribution is 8.02. The first kappa shape index (κ1) is 27.2. The van der Waals surface area contributed by atoms with Crippen molar-refractivity contribution in [1.82, 2.24) is 9.80 Å². The van der Waals surface area contributed by atoms with Crippen molar-refractivity contribution in [3.8, 4) is 0 Å². The highest BCUT2D eigenvalue weighted by Gasteiger charge is 2.71. The number of aliphatic hydroxyl groups is 1. The Labute approximate surface area is 219 Å². The number of aliphatic hydroxyl groups excluding tert-OH is 1. The number of allylic oxidation sites excluding steroid dienone is 1. The van der Waals surface area contributed by atoms with Gasteiger partial charge in [-0.2, -0.15) is 0 Å². The molecule has 2 saturated heterocycles. The zero-order valence-electron chi connectivity index (χ0n) is 21.9. The monoisotopic (exact) mass is 518 g/mol. The minimum Gasteiger partial charge on any atom is -0.465 e. The van der Waals surface area contributed by atoms with Crippen LogP contribution < -0.4 is 0 Å². The molecule has 200 valence electrons. The molecule has 0 aliphatic carbocycles. The van der Waals surface area contributed by atoms with E-state index in [0.717, 1.165) is 44.9 Å². The van der Waals surface area contributed by atoms with Crippen LogP contribution in [0.4, 0.5) is 0 Å². The van der Waals surface area contributed by atoms with Crippen LogP contribution in [-0.4, -0.2) is 81.1 Å². The van der Waals surface area contributed by atoms with E-state index in [9.17, 15) is 19.5 Å². The molecule has 1 unspecified atom stereocenters. The van der Waals surface area contributed by atoms with Gasteiger partial charge in [-0.3, -0.25) is 14.4 Å². The molecular formula is C28H42N2O5S. The average Bonchev–Trinajstić information content (AvgIpc) is 3.26. The van der Waals surface area contributed by atoms with Crippen LogP contribution >= 0.6 is 11.8 Å². The van der Waals surface area contributed by atoms with Crippen LogP contribution in [0.1, 0.15) is 65.7 Å². The lowest BCUT2D eigenvalue weighted by Gasteiger charge is -2.40. The van der Waals surface area contributed by atoms with Crippen molar-refractivity contribution < 1.29 is 24.2 Å². The molecule has 7 nitrogen and oxygen atoms in total. The fourth-order valence-electron chi connectivity index (χ4n) is 6.33. The van der Waals surface area contributed by atoms with E-state index in [2.05, 4.69) is 19.1 Å². The molecule has 0 bridgehead atoms. The maximum atomic E-state index is 14.3. The smallest absolute Gasteiger partial charge is 0.311 e. The molecule has 0 aromatic carbocycles. The Kier molecular flexibility index (Phi) is 8.87. The molecular weight excluding hydrogens is 476 g/mol. The second-order valence-electron chi connectivity index (χ2n) is 10.7. The van der Waals surface area contributed by atoms with Crippen LogP contribution in [0, 0.1) is 17.8 Å². The van der Waals surface area contributed by atoms with Crippen LogP contribution in [0.3, 0.4) is 0 Å². The minimum absolute atomic E-state index is 0.0140. The van der Waals surface area contributed by atoms with E-state index in [1.165, 1.54) is 0 Å². The van der Waals surface area contributed by atoms with E-state index < -0.39 is 28.7 Å². The Morgan fingerprint density at radius 2 is 1.97 bits per heavy atom. The van der Waals surface area contributed by atoms with Gasteiger partial charge in [-0.1, -0.05) is 64.3 Å². The van der Waals surface area contributed by atoms with Gasteiger partial charge < -0.3 is 19.6 Å². The first-order valence-corrected chi connectivity index (χ1v) is 14.7. The molecule has 8 heteroatoms. The Bertz CT molecular complexity index is 891. The molecule has 1 spiro atoms. The summed E-state index contributed by atoms with van der Waals surface area (Å²) < 4.78 is 4.82. The Balaban J connectivity index is 1.80. The Hall–Kier alpha value is -1.80. The standard InChI is InChI=1S/C28H42N2O5S/c1-4-6-10-15-29-16-12-14-28-23(22-21(36-28)13-9-7-8-11-17-35-27(22)34)25(32)30(24(28)26(29)33)20(18-31)19(3)5-2/h9,12-14,19-24,31H,4-8,10-11,15-18H2,1-3H3/b13-9-/t19-,20-,21-,22+,23-,24?,28-/m0/s1. The summed E-state index contributed by atoms with van der Waals surface area (Å²) >= 11 is 1.58. The summed E-state index contributed by atoms with van der Waals surface area (Å²) in [5, 5.41) is 10.2. The summed E-state index contributed by atoms with van der Waals surface area (Å²) in [6.45, 7) is 7.47. The zero-order valence-corrected chi connectivity index (χ0v) is 22.8. The van der Waals surface area contributed by atoms with Crippen molar-refractivity contribution in [2.75, 3.05) is 26.3 Å². The lowest BCUT2D eigenvalue weighted by molar-refractivity contribution is -0.154. The molecule has 0 aromatic heterocycles. The summed E-state index contributed by atoms with van der Waals surface area (Å²) in [7, 11) is 0. The van der Waals surface area contributed by atoms with Crippen LogP contribution in [0.2, 0.25) is 0 Å². The van der Waals surface area contributed by atoms with Gasteiger partial charge in [0.05, 0.1) is 35.8 Å². The van der Waals surface area contributed by atoms with Gasteiger partial charge in [0.2, 0.25) is 11.8 Å². The third-order valence-electron chi connectivity index (χ3n) is 8.50. The molecule has 36 heavy (non-hydrogen) atoms. The van der Waals surface area contributed by atoms with E-state index in [1.807, 2.05) is 30.9 Å². The van der Waals surface area contributed by atoms with E-state index in [-0.39, 0.29) is 35.6 Å². The molecule has 7 atom stereocenters. The molecule has 2 fully saturated rings. The fourth-order valence-corrected chi connectivity index (χ4v) is 8.32. The predicted octanol–water partition coefficient (Wildman–Crippen LogP) is 3.56. The van der Waals surface area contributed by atoms with E-state index in [0.29, 0.717) is 19.7 Å². The number of thioether (sulfide) groups is 1. The molecule has 2 amide bonds. The zero-order chi connectivity index (χ0) is 25.9. The second-order valence-corrected chi connectivity index (χ2v) is 12.2. The second kappa shape index (κ2) is 11.7. The number of nitrogens with zero attached hydrogens (tertiary/aromatic N) is 2. The lowest BCUT2D eigenvalue weighted by Crippen LogP contribution is -2.57. The number of unbranched alkanes of at least 4 members (excludes halogenated alkanes) is 2. The Morgan fingerprint density at radius 1 is 1.17 bits per heavy atom. The number of rotatable bonds is 8. The molecule has 4 aliphatic rings. The largest absolute Gasteiger partial charge is 0.465 e. The van der Waals surface area contributed by atoms with Gasteiger partial charge >= 0.3 is 5.97 Å². The number of esters is 1. The number of hydrogen-bond donors (Lipinski definition) is 1. The first-order valence-electron chi connectivity index (χ1n) is 13.8. The molecule has 4 aliphatic heterocycles. The number of ether oxygens (including phenoxy) is 1. The highest BCUT2D eigenvalue weighted by atomic mass is 32.2. The maximum Gasteiger partial charge on any atom is 0.311 e. The number of hydrogen-bond acceptors (Lipinski definition) is 6. The topological polar surface area (TPSA) is 87.2 Å². The number of carbonyl (C=O) groups is 3. The number of carbonyl (C=O) groups excluding carboxylic acids is 3. The van der Waals surface area contributed by atoms with Crippen LogP contribution in [0.5, 0.6) is 0 Å². The number of amides is 2. The number of cyclic esters (lactones) is 1. The van der Waals surface area contributed by atoms with Crippen molar-refractivity contribution in [3.63, 3.8) is 0 Å². The van der Waals surface area contributed by atoms with Crippen molar-refractivity contribution >= 4 is 29.5 Å². The van der Waals surface area contributed by atoms with Crippen molar-refractivity contribution in [2.45, 2.75) is 87.8 Å². The average molecular weight is 519 g/mol. The lowest BCUT2D eigenvalue weighted by atomic mass is 9.78. The van der Waals surface area contributed by atoms with Gasteiger partial charge in [0.25, 0.3) is 0 Å². The molecule has 4 heterocycles. The number of fused-ring (bicyclic) bond motifs is 2. The molecule has 1 N–H and O–H groups in total. The highest BCUT2D eigenvalue weighted by Crippen LogP contribution is 2.61. The maximum absolute atomic E-state index is 14.3. The quantitative estimate of drug-likeness (QED) is 0.300. The van der Waals surface area contributed by atoms with Gasteiger partial charge in [0.15, 0.2) is 0 Å². The SMILES string of the molecule is CCCCCN1CC=C[C@]23S[C@H]4/C=C\CCCCOC(=O)[C@H]4[C@H]2C(=O)N([C@@H](CO)[C@@H](C)CC)C3C1=O. The van der Waals surface area contributed by atoms with Gasteiger partial charge in [0.1, 0.15) is 6.04 Å². The summed E-state index contributed by atoms with van der Waals surface area (Å²) in [5.41, 5.74) is 0. The Morgan fingerprint density at radius 3 is 2.69 bits per heavy atom. The summed E-state index contributed by atoms with van der Waals surface area (Å²) in [6, 6.07) is -1.22. The predicted molar refractivity (Wildman–Crippen MR) is 141 cm³/mol. The van der Waals surface area contributed by atoms with Crippen molar-refractivity contribution in [3.05, 3.63) is 24.3 Å². The third kappa shape index (κ3) is 4.75. The van der Waals surface area contributed by atoms with Gasteiger partial charge in [-0.05, 0) is 31.6 Å². The van der Waals surface area contributed by atoms with Gasteiger partial charge in [0, 0.05) is 18.3 Å². The van der Waals surface area contributed by atoms with Gasteiger partial charge in [-0.15, -0.1) is 11.8 Å². The summed E-state index contributed by atoms with van der Waals surface area (Å²) in [6.07, 6.45) is 14.7. The fraction of sp³-hybridized carbons (Fsp3) is 0.750. The van der Waals surface area contributed by atoms with Crippen molar-refractivity contribution in [2.24, 2.45) is 17.8 Å².